The third kappa shape index (κ3) is 6.03. The molecule has 1 N–H and O–H groups in total. The maximum absolute atomic E-state index is 12.9. The summed E-state index contributed by atoms with van der Waals surface area (Å²) in [5.74, 6) is 1.28. The highest BCUT2D eigenvalue weighted by molar-refractivity contribution is 14.1. The molecule has 8 nitrogen and oxygen atoms in total. The van der Waals surface area contributed by atoms with Crippen LogP contribution in [0.2, 0.25) is 5.02 Å². The number of halogens is 2. The van der Waals surface area contributed by atoms with Gasteiger partial charge >= 0.3 is 0 Å². The van der Waals surface area contributed by atoms with Crippen molar-refractivity contribution in [3.05, 3.63) is 91.0 Å². The maximum Gasteiger partial charge on any atom is 0.283 e. The number of carbonyl (C=O) groups excluding carboxylic acids is 1. The summed E-state index contributed by atoms with van der Waals surface area (Å²) in [7, 11) is 1.55. The Morgan fingerprint density at radius 3 is 2.52 bits per heavy atom. The number of hydrogen-bond donors (Lipinski definition) is 1. The van der Waals surface area contributed by atoms with E-state index in [1.807, 2.05) is 56.3 Å². The topological polar surface area (TPSA) is 96.6 Å². The Kier molecular flexibility index (Phi) is 8.48. The van der Waals surface area contributed by atoms with Gasteiger partial charge in [0.05, 0.1) is 16.3 Å². The van der Waals surface area contributed by atoms with Crippen molar-refractivity contribution < 1.29 is 19.0 Å². The number of hydrogen-bond acceptors (Lipinski definition) is 7. The number of thioether (sulfide) groups is 1. The Morgan fingerprint density at radius 1 is 1.05 bits per heavy atom. The Bertz CT molecular complexity index is 1600. The zero-order valence-corrected chi connectivity index (χ0v) is 25.6. The summed E-state index contributed by atoms with van der Waals surface area (Å²) in [5, 5.41) is 16.4. The van der Waals surface area contributed by atoms with Crippen LogP contribution in [0.3, 0.4) is 0 Å². The SMILES string of the molecule is COc1cc(/C=C2/C(=N)N3N=C(c4ccc(C)cc4)SC3=NC2=O)cc(I)c1OCCOc1ccc(Cl)cc1C. The van der Waals surface area contributed by atoms with Gasteiger partial charge in [0.25, 0.3) is 5.91 Å². The van der Waals surface area contributed by atoms with Gasteiger partial charge in [-0.3, -0.25) is 10.2 Å². The first-order chi connectivity index (χ1) is 19.2. The zero-order valence-electron chi connectivity index (χ0n) is 21.8. The normalized spacial score (nSPS) is 15.6. The molecule has 3 aromatic carbocycles. The van der Waals surface area contributed by atoms with Gasteiger partial charge in [-0.2, -0.15) is 15.1 Å². The summed E-state index contributed by atoms with van der Waals surface area (Å²) < 4.78 is 18.2. The van der Waals surface area contributed by atoms with Gasteiger partial charge < -0.3 is 14.2 Å². The van der Waals surface area contributed by atoms with Crippen LogP contribution >= 0.6 is 46.0 Å². The van der Waals surface area contributed by atoms with Crippen molar-refractivity contribution in [2.75, 3.05) is 20.3 Å². The summed E-state index contributed by atoms with van der Waals surface area (Å²) in [5.41, 5.74) is 3.79. The molecule has 0 unspecified atom stereocenters. The van der Waals surface area contributed by atoms with E-state index in [1.54, 1.807) is 25.3 Å². The highest BCUT2D eigenvalue weighted by atomic mass is 127. The zero-order chi connectivity index (χ0) is 28.4. The van der Waals surface area contributed by atoms with Crippen molar-refractivity contribution in [2.24, 2.45) is 10.1 Å². The second-order valence-electron chi connectivity index (χ2n) is 8.93. The molecule has 2 aliphatic heterocycles. The molecule has 0 spiro atoms. The number of fused-ring (bicyclic) bond motifs is 1. The molecule has 0 aromatic heterocycles. The molecule has 0 saturated carbocycles. The minimum atomic E-state index is -0.493. The van der Waals surface area contributed by atoms with Crippen molar-refractivity contribution >= 4 is 74.0 Å². The number of rotatable bonds is 8. The average molecular weight is 687 g/mol. The fourth-order valence-electron chi connectivity index (χ4n) is 4.00. The van der Waals surface area contributed by atoms with Gasteiger partial charge in [0.1, 0.15) is 24.0 Å². The molecule has 1 amide bonds. The van der Waals surface area contributed by atoms with Gasteiger partial charge in [-0.15, -0.1) is 0 Å². The highest BCUT2D eigenvalue weighted by Gasteiger charge is 2.36. The van der Waals surface area contributed by atoms with Gasteiger partial charge in [0, 0.05) is 10.6 Å². The molecule has 0 bridgehead atoms. The van der Waals surface area contributed by atoms with Gasteiger partial charge in [-0.05, 0) is 95.7 Å². The molecule has 0 fully saturated rings. The van der Waals surface area contributed by atoms with Crippen LogP contribution in [0.25, 0.3) is 6.08 Å². The number of hydrazone groups is 1. The number of ether oxygens (including phenoxy) is 3. The van der Waals surface area contributed by atoms with Crippen molar-refractivity contribution in [1.82, 2.24) is 5.01 Å². The predicted molar refractivity (Wildman–Crippen MR) is 168 cm³/mol. The van der Waals surface area contributed by atoms with Crippen molar-refractivity contribution in [3.63, 3.8) is 0 Å². The maximum atomic E-state index is 12.9. The molecular weight excluding hydrogens is 663 g/mol. The Morgan fingerprint density at radius 2 is 1.80 bits per heavy atom. The Hall–Kier alpha value is -3.35. The number of nitrogens with zero attached hydrogens (tertiary/aromatic N) is 3. The van der Waals surface area contributed by atoms with E-state index in [1.165, 1.54) is 16.8 Å². The first kappa shape index (κ1) is 28.2. The summed E-state index contributed by atoms with van der Waals surface area (Å²) in [4.78, 5) is 17.1. The molecule has 2 heterocycles. The fraction of sp³-hybridized carbons (Fsp3) is 0.172. The number of nitrogens with one attached hydrogen (secondary N) is 1. The third-order valence-corrected chi connectivity index (χ3v) is 8.03. The average Bonchev–Trinajstić information content (AvgIpc) is 3.35. The number of carbonyl (C=O) groups is 1. The second-order valence-corrected chi connectivity index (χ2v) is 11.5. The largest absolute Gasteiger partial charge is 0.493 e. The van der Waals surface area contributed by atoms with E-state index in [2.05, 4.69) is 32.7 Å². The minimum absolute atomic E-state index is 0.0337. The molecule has 0 aliphatic carbocycles. The molecule has 0 saturated heterocycles. The molecule has 204 valence electrons. The van der Waals surface area contributed by atoms with Crippen molar-refractivity contribution in [2.45, 2.75) is 13.8 Å². The molecule has 5 rings (SSSR count). The Labute approximate surface area is 254 Å². The second kappa shape index (κ2) is 12.0. The lowest BCUT2D eigenvalue weighted by Gasteiger charge is -2.20. The van der Waals surface area contributed by atoms with E-state index in [4.69, 9.17) is 31.2 Å². The number of amidine groups is 2. The fourth-order valence-corrected chi connectivity index (χ4v) is 5.91. The van der Waals surface area contributed by atoms with Gasteiger partial charge in [-0.1, -0.05) is 41.4 Å². The van der Waals surface area contributed by atoms with Crippen molar-refractivity contribution in [3.8, 4) is 17.2 Å². The summed E-state index contributed by atoms with van der Waals surface area (Å²) in [6.07, 6.45) is 1.62. The summed E-state index contributed by atoms with van der Waals surface area (Å²) >= 11 is 9.44. The van der Waals surface area contributed by atoms with Crippen LogP contribution in [-0.4, -0.2) is 47.3 Å². The number of aryl methyl sites for hydroxylation is 2. The number of aliphatic imine (C=N–C) groups is 1. The van der Waals surface area contributed by atoms with Crippen LogP contribution in [0, 0.1) is 22.8 Å². The first-order valence-corrected chi connectivity index (χ1v) is 14.5. The highest BCUT2D eigenvalue weighted by Crippen LogP contribution is 2.36. The number of methoxy groups -OCH3 is 1. The van der Waals surface area contributed by atoms with E-state index in [0.717, 1.165) is 26.0 Å². The lowest BCUT2D eigenvalue weighted by Crippen LogP contribution is -2.35. The molecule has 11 heteroatoms. The first-order valence-electron chi connectivity index (χ1n) is 12.2. The molecule has 0 atom stereocenters. The van der Waals surface area contributed by atoms with E-state index >= 15 is 0 Å². The van der Waals surface area contributed by atoms with E-state index in [9.17, 15) is 4.79 Å². The standard InChI is InChI=1S/C29H24ClIN4O4S/c1-16-4-6-19(7-5-16)28-34-35-26(32)21(27(36)33-29(35)40-28)13-18-14-22(31)25(24(15-18)37-3)39-11-10-38-23-9-8-20(30)12-17(23)2/h4-9,12-15,32H,10-11H2,1-3H3/b21-13-,32-26?. The minimum Gasteiger partial charge on any atom is -0.493 e. The van der Waals surface area contributed by atoms with Gasteiger partial charge in [0.15, 0.2) is 17.3 Å². The van der Waals surface area contributed by atoms with Crippen LogP contribution in [0.4, 0.5) is 0 Å². The van der Waals surface area contributed by atoms with E-state index in [-0.39, 0.29) is 11.4 Å². The molecule has 2 aliphatic rings. The monoisotopic (exact) mass is 686 g/mol. The molecular formula is C29H24ClIN4O4S. The lowest BCUT2D eigenvalue weighted by atomic mass is 10.1. The van der Waals surface area contributed by atoms with Gasteiger partial charge in [-0.25, -0.2) is 0 Å². The van der Waals surface area contributed by atoms with E-state index in [0.29, 0.717) is 45.5 Å². The molecule has 3 aromatic rings. The number of benzene rings is 3. The predicted octanol–water partition coefficient (Wildman–Crippen LogP) is 6.70. The van der Waals surface area contributed by atoms with Crippen LogP contribution < -0.4 is 14.2 Å². The van der Waals surface area contributed by atoms with Gasteiger partial charge in [0.2, 0.25) is 5.17 Å². The van der Waals surface area contributed by atoms with Crippen LogP contribution in [0.15, 0.2) is 70.3 Å². The molecule has 0 radical (unpaired) electrons. The number of amides is 1. The van der Waals surface area contributed by atoms with Crippen LogP contribution in [0.1, 0.15) is 22.3 Å². The van der Waals surface area contributed by atoms with Crippen molar-refractivity contribution in [1.29, 1.82) is 5.41 Å². The van der Waals surface area contributed by atoms with Crippen LogP contribution in [0.5, 0.6) is 17.2 Å². The molecule has 40 heavy (non-hydrogen) atoms. The smallest absolute Gasteiger partial charge is 0.283 e. The summed E-state index contributed by atoms with van der Waals surface area (Å²) in [6.45, 7) is 4.57. The summed E-state index contributed by atoms with van der Waals surface area (Å²) in [6, 6.07) is 17.0. The lowest BCUT2D eigenvalue weighted by molar-refractivity contribution is -0.114. The third-order valence-electron chi connectivity index (χ3n) is 6.04. The van der Waals surface area contributed by atoms with Crippen LogP contribution in [-0.2, 0) is 4.79 Å². The quantitative estimate of drug-likeness (QED) is 0.161. The van der Waals surface area contributed by atoms with E-state index < -0.39 is 5.91 Å². The Balaban J connectivity index is 1.31.